The highest BCUT2D eigenvalue weighted by atomic mass is 16.1. The zero-order chi connectivity index (χ0) is 10.7. The van der Waals surface area contributed by atoms with Crippen LogP contribution in [0.3, 0.4) is 0 Å². The van der Waals surface area contributed by atoms with E-state index in [4.69, 9.17) is 5.73 Å². The zero-order valence-electron chi connectivity index (χ0n) is 7.92. The van der Waals surface area contributed by atoms with Crippen LogP contribution in [0.2, 0.25) is 0 Å². The molecule has 0 saturated heterocycles. The van der Waals surface area contributed by atoms with Crippen LogP contribution in [0.4, 0.5) is 0 Å². The maximum atomic E-state index is 10.7. The first kappa shape index (κ1) is 9.33. The summed E-state index contributed by atoms with van der Waals surface area (Å²) in [6, 6.07) is 9.68. The van der Waals surface area contributed by atoms with Crippen molar-refractivity contribution in [2.75, 3.05) is 0 Å². The molecule has 0 unspecified atom stereocenters. The molecular weight excluding hydrogens is 190 g/mol. The van der Waals surface area contributed by atoms with Gasteiger partial charge in [0.2, 0.25) is 5.82 Å². The minimum atomic E-state index is -0.616. The quantitative estimate of drug-likeness (QED) is 0.791. The fourth-order valence-electron chi connectivity index (χ4n) is 1.23. The van der Waals surface area contributed by atoms with Gasteiger partial charge in [0, 0.05) is 18.0 Å². The van der Waals surface area contributed by atoms with E-state index in [1.807, 2.05) is 30.3 Å². The molecule has 0 fully saturated rings. The normalized spacial score (nSPS) is 9.87. The summed E-state index contributed by atoms with van der Waals surface area (Å²) in [5.74, 6) is -0.579. The second-order valence-electron chi connectivity index (χ2n) is 3.03. The van der Waals surface area contributed by atoms with Gasteiger partial charge in [-0.05, 0) is 5.56 Å². The number of hydrogen-bond donors (Lipinski definition) is 1. The highest BCUT2D eigenvalue weighted by Crippen LogP contribution is 2.15. The van der Waals surface area contributed by atoms with Gasteiger partial charge in [-0.1, -0.05) is 30.3 Å². The molecular formula is C11H9N3O. The van der Waals surface area contributed by atoms with E-state index in [1.165, 1.54) is 0 Å². The van der Waals surface area contributed by atoms with Crippen molar-refractivity contribution in [3.8, 4) is 11.1 Å². The van der Waals surface area contributed by atoms with Crippen LogP contribution in [0.5, 0.6) is 0 Å². The number of primary amides is 1. The van der Waals surface area contributed by atoms with Crippen LogP contribution >= 0.6 is 0 Å². The maximum absolute atomic E-state index is 10.7. The number of rotatable bonds is 2. The molecule has 0 spiro atoms. The second kappa shape index (κ2) is 3.88. The molecule has 1 aromatic heterocycles. The van der Waals surface area contributed by atoms with Crippen molar-refractivity contribution in [2.24, 2.45) is 5.73 Å². The molecule has 0 aliphatic heterocycles. The molecule has 0 aliphatic rings. The van der Waals surface area contributed by atoms with Crippen molar-refractivity contribution < 1.29 is 4.79 Å². The van der Waals surface area contributed by atoms with Gasteiger partial charge in [-0.2, -0.15) is 0 Å². The maximum Gasteiger partial charge on any atom is 0.286 e. The van der Waals surface area contributed by atoms with E-state index < -0.39 is 5.91 Å². The van der Waals surface area contributed by atoms with Crippen LogP contribution < -0.4 is 5.73 Å². The van der Waals surface area contributed by atoms with Crippen molar-refractivity contribution in [1.29, 1.82) is 0 Å². The lowest BCUT2D eigenvalue weighted by molar-refractivity contribution is 0.0990. The van der Waals surface area contributed by atoms with Gasteiger partial charge in [0.15, 0.2) is 0 Å². The number of nitrogens with two attached hydrogens (primary N) is 1. The number of hydrogen-bond acceptors (Lipinski definition) is 3. The van der Waals surface area contributed by atoms with Crippen LogP contribution in [-0.2, 0) is 0 Å². The van der Waals surface area contributed by atoms with E-state index >= 15 is 0 Å². The van der Waals surface area contributed by atoms with Gasteiger partial charge in [-0.3, -0.25) is 4.79 Å². The molecule has 0 bridgehead atoms. The predicted octanol–water partition coefficient (Wildman–Crippen LogP) is 1.24. The second-order valence-corrected chi connectivity index (χ2v) is 3.03. The Labute approximate surface area is 86.8 Å². The first-order valence-electron chi connectivity index (χ1n) is 4.44. The van der Waals surface area contributed by atoms with Crippen LogP contribution in [0, 0.1) is 0 Å². The molecule has 74 valence electrons. The lowest BCUT2D eigenvalue weighted by Crippen LogP contribution is -2.14. The molecule has 1 aromatic carbocycles. The Morgan fingerprint density at radius 1 is 1.00 bits per heavy atom. The molecule has 15 heavy (non-hydrogen) atoms. The van der Waals surface area contributed by atoms with E-state index in [1.54, 1.807) is 12.4 Å². The Kier molecular flexibility index (Phi) is 2.41. The Bertz CT molecular complexity index is 465. The minimum absolute atomic E-state index is 0.0367. The fourth-order valence-corrected chi connectivity index (χ4v) is 1.23. The predicted molar refractivity (Wildman–Crippen MR) is 56.0 cm³/mol. The number of nitrogens with zero attached hydrogens (tertiary/aromatic N) is 2. The van der Waals surface area contributed by atoms with E-state index in [2.05, 4.69) is 9.97 Å². The average molecular weight is 199 g/mol. The molecule has 0 radical (unpaired) electrons. The number of benzene rings is 1. The van der Waals surface area contributed by atoms with Crippen LogP contribution in [0.25, 0.3) is 11.1 Å². The molecule has 0 saturated carbocycles. The summed E-state index contributed by atoms with van der Waals surface area (Å²) in [5, 5.41) is 0. The summed E-state index contributed by atoms with van der Waals surface area (Å²) in [7, 11) is 0. The number of aromatic nitrogens is 2. The largest absolute Gasteiger partial charge is 0.363 e. The molecule has 4 heteroatoms. The molecule has 0 atom stereocenters. The molecule has 2 rings (SSSR count). The number of carbonyl (C=O) groups excluding carboxylic acids is 1. The average Bonchev–Trinajstić information content (AvgIpc) is 2.30. The molecule has 4 nitrogen and oxygen atoms in total. The SMILES string of the molecule is NC(=O)c1ncc(-c2ccccc2)cn1. The summed E-state index contributed by atoms with van der Waals surface area (Å²) < 4.78 is 0. The van der Waals surface area contributed by atoms with Crippen molar-refractivity contribution in [3.05, 3.63) is 48.5 Å². The van der Waals surface area contributed by atoms with E-state index in [9.17, 15) is 4.79 Å². The Hall–Kier alpha value is -2.23. The van der Waals surface area contributed by atoms with E-state index in [0.717, 1.165) is 11.1 Å². The van der Waals surface area contributed by atoms with E-state index in [0.29, 0.717) is 0 Å². The van der Waals surface area contributed by atoms with Gasteiger partial charge >= 0.3 is 0 Å². The van der Waals surface area contributed by atoms with Gasteiger partial charge in [-0.15, -0.1) is 0 Å². The molecule has 1 amide bonds. The van der Waals surface area contributed by atoms with Crippen LogP contribution in [-0.4, -0.2) is 15.9 Å². The van der Waals surface area contributed by atoms with Gasteiger partial charge < -0.3 is 5.73 Å². The van der Waals surface area contributed by atoms with Gasteiger partial charge in [0.1, 0.15) is 0 Å². The summed E-state index contributed by atoms with van der Waals surface area (Å²) in [5.41, 5.74) is 6.91. The van der Waals surface area contributed by atoms with Crippen LogP contribution in [0.15, 0.2) is 42.7 Å². The first-order valence-corrected chi connectivity index (χ1v) is 4.44. The van der Waals surface area contributed by atoms with Crippen molar-refractivity contribution >= 4 is 5.91 Å². The van der Waals surface area contributed by atoms with Crippen LogP contribution in [0.1, 0.15) is 10.6 Å². The number of amides is 1. The smallest absolute Gasteiger partial charge is 0.286 e. The first-order chi connectivity index (χ1) is 7.27. The Morgan fingerprint density at radius 2 is 1.60 bits per heavy atom. The summed E-state index contributed by atoms with van der Waals surface area (Å²) in [6.45, 7) is 0. The molecule has 1 heterocycles. The third-order valence-corrected chi connectivity index (χ3v) is 1.98. The fraction of sp³-hybridized carbons (Fsp3) is 0. The van der Waals surface area contributed by atoms with Crippen molar-refractivity contribution in [1.82, 2.24) is 9.97 Å². The molecule has 2 aromatic rings. The summed E-state index contributed by atoms with van der Waals surface area (Å²) in [4.78, 5) is 18.5. The zero-order valence-corrected chi connectivity index (χ0v) is 7.92. The highest BCUT2D eigenvalue weighted by Gasteiger charge is 2.03. The summed E-state index contributed by atoms with van der Waals surface area (Å²) >= 11 is 0. The highest BCUT2D eigenvalue weighted by molar-refractivity contribution is 5.88. The molecule has 2 N–H and O–H groups in total. The van der Waals surface area contributed by atoms with Gasteiger partial charge in [0.25, 0.3) is 5.91 Å². The van der Waals surface area contributed by atoms with Crippen molar-refractivity contribution in [2.45, 2.75) is 0 Å². The third kappa shape index (κ3) is 1.99. The lowest BCUT2D eigenvalue weighted by atomic mass is 10.1. The Balaban J connectivity index is 2.36. The van der Waals surface area contributed by atoms with E-state index in [-0.39, 0.29) is 5.82 Å². The number of carbonyl (C=O) groups is 1. The lowest BCUT2D eigenvalue weighted by Gasteiger charge is -2.00. The summed E-state index contributed by atoms with van der Waals surface area (Å²) in [6.07, 6.45) is 3.17. The van der Waals surface area contributed by atoms with Crippen molar-refractivity contribution in [3.63, 3.8) is 0 Å². The molecule has 0 aliphatic carbocycles. The Morgan fingerprint density at radius 3 is 2.13 bits per heavy atom. The van der Waals surface area contributed by atoms with Gasteiger partial charge in [0.05, 0.1) is 0 Å². The topological polar surface area (TPSA) is 68.9 Å². The minimum Gasteiger partial charge on any atom is -0.363 e. The monoisotopic (exact) mass is 199 g/mol. The third-order valence-electron chi connectivity index (χ3n) is 1.98. The standard InChI is InChI=1S/C11H9N3O/c12-10(15)11-13-6-9(7-14-11)8-4-2-1-3-5-8/h1-7H,(H2,12,15). The van der Waals surface area contributed by atoms with Gasteiger partial charge in [-0.25, -0.2) is 9.97 Å².